The van der Waals surface area contributed by atoms with Crippen LogP contribution in [0.4, 0.5) is 5.82 Å². The Labute approximate surface area is 103 Å². The number of thiophene rings is 1. The van der Waals surface area contributed by atoms with Crippen molar-refractivity contribution in [2.24, 2.45) is 0 Å². The van der Waals surface area contributed by atoms with Gasteiger partial charge in [-0.05, 0) is 11.4 Å². The summed E-state index contributed by atoms with van der Waals surface area (Å²) in [7, 11) is -2.85. The summed E-state index contributed by atoms with van der Waals surface area (Å²) in [5.41, 5.74) is 0. The Kier molecular flexibility index (Phi) is 2.52. The topological polar surface area (TPSA) is 63.2 Å². The highest BCUT2D eigenvalue weighted by molar-refractivity contribution is 7.91. The van der Waals surface area contributed by atoms with E-state index in [-0.39, 0.29) is 11.5 Å². The van der Waals surface area contributed by atoms with Crippen LogP contribution in [-0.4, -0.2) is 43.0 Å². The van der Waals surface area contributed by atoms with Gasteiger partial charge in [0.05, 0.1) is 16.9 Å². The molecule has 17 heavy (non-hydrogen) atoms. The van der Waals surface area contributed by atoms with Crippen LogP contribution >= 0.6 is 11.3 Å². The second-order valence-electron chi connectivity index (χ2n) is 3.98. The van der Waals surface area contributed by atoms with Gasteiger partial charge in [-0.15, -0.1) is 11.3 Å². The molecule has 0 bridgehead atoms. The zero-order valence-corrected chi connectivity index (χ0v) is 10.7. The van der Waals surface area contributed by atoms with E-state index in [2.05, 4.69) is 9.97 Å². The maximum Gasteiger partial charge on any atom is 0.153 e. The summed E-state index contributed by atoms with van der Waals surface area (Å²) in [6, 6.07) is 1.98. The predicted octanol–water partition coefficient (Wildman–Crippen LogP) is 0.926. The number of hydrogen-bond donors (Lipinski definition) is 0. The Bertz CT molecular complexity index is 636. The number of nitrogens with zero attached hydrogens (tertiary/aromatic N) is 3. The molecule has 1 aliphatic rings. The lowest BCUT2D eigenvalue weighted by molar-refractivity contribution is 0.586. The summed E-state index contributed by atoms with van der Waals surface area (Å²) in [4.78, 5) is 11.4. The molecule has 0 amide bonds. The van der Waals surface area contributed by atoms with Gasteiger partial charge in [0.2, 0.25) is 0 Å². The van der Waals surface area contributed by atoms with Crippen molar-refractivity contribution in [1.82, 2.24) is 9.97 Å². The van der Waals surface area contributed by atoms with Gasteiger partial charge in [0.25, 0.3) is 0 Å². The molecule has 1 aliphatic heterocycles. The summed E-state index contributed by atoms with van der Waals surface area (Å²) in [5.74, 6) is 1.27. The lowest BCUT2D eigenvalue weighted by Crippen LogP contribution is -2.40. The zero-order chi connectivity index (χ0) is 11.9. The Morgan fingerprint density at radius 2 is 2.00 bits per heavy atom. The van der Waals surface area contributed by atoms with Gasteiger partial charge in [-0.3, -0.25) is 0 Å². The number of anilines is 1. The zero-order valence-electron chi connectivity index (χ0n) is 9.04. The SMILES string of the molecule is O=S1(=O)CCN(c2ncnc3sccc23)CC1. The number of rotatable bonds is 1. The third-order valence-electron chi connectivity index (χ3n) is 2.88. The maximum absolute atomic E-state index is 11.4. The van der Waals surface area contributed by atoms with Crippen LogP contribution in [0.5, 0.6) is 0 Å². The van der Waals surface area contributed by atoms with E-state index in [1.807, 2.05) is 16.3 Å². The Morgan fingerprint density at radius 3 is 2.76 bits per heavy atom. The van der Waals surface area contributed by atoms with Crippen molar-refractivity contribution in [2.45, 2.75) is 0 Å². The quantitative estimate of drug-likeness (QED) is 0.770. The minimum absolute atomic E-state index is 0.211. The highest BCUT2D eigenvalue weighted by Gasteiger charge is 2.23. The molecular weight excluding hydrogens is 258 g/mol. The van der Waals surface area contributed by atoms with E-state index >= 15 is 0 Å². The molecule has 1 fully saturated rings. The van der Waals surface area contributed by atoms with E-state index in [9.17, 15) is 8.42 Å². The minimum atomic E-state index is -2.85. The fraction of sp³-hybridized carbons (Fsp3) is 0.400. The second-order valence-corrected chi connectivity index (χ2v) is 7.17. The van der Waals surface area contributed by atoms with E-state index in [1.54, 1.807) is 11.3 Å². The van der Waals surface area contributed by atoms with Crippen LogP contribution < -0.4 is 4.90 Å². The largest absolute Gasteiger partial charge is 0.354 e. The maximum atomic E-state index is 11.4. The lowest BCUT2D eigenvalue weighted by Gasteiger charge is -2.27. The van der Waals surface area contributed by atoms with Gasteiger partial charge in [-0.1, -0.05) is 0 Å². The monoisotopic (exact) mass is 269 g/mol. The molecule has 0 atom stereocenters. The molecule has 2 aromatic heterocycles. The van der Waals surface area contributed by atoms with Gasteiger partial charge in [0.15, 0.2) is 9.84 Å². The van der Waals surface area contributed by atoms with Gasteiger partial charge in [-0.2, -0.15) is 0 Å². The number of hydrogen-bond acceptors (Lipinski definition) is 6. The van der Waals surface area contributed by atoms with Crippen molar-refractivity contribution in [3.05, 3.63) is 17.8 Å². The van der Waals surface area contributed by atoms with Crippen molar-refractivity contribution in [3.63, 3.8) is 0 Å². The van der Waals surface area contributed by atoms with Crippen molar-refractivity contribution >= 4 is 37.2 Å². The highest BCUT2D eigenvalue weighted by atomic mass is 32.2. The van der Waals surface area contributed by atoms with Crippen LogP contribution in [0.3, 0.4) is 0 Å². The van der Waals surface area contributed by atoms with Crippen molar-refractivity contribution in [1.29, 1.82) is 0 Å². The van der Waals surface area contributed by atoms with Crippen molar-refractivity contribution in [2.75, 3.05) is 29.5 Å². The van der Waals surface area contributed by atoms with Crippen LogP contribution in [0.25, 0.3) is 10.2 Å². The summed E-state index contributed by atoms with van der Waals surface area (Å²) in [6.07, 6.45) is 1.54. The molecule has 0 saturated carbocycles. The average Bonchev–Trinajstić information content (AvgIpc) is 2.77. The summed E-state index contributed by atoms with van der Waals surface area (Å²) >= 11 is 1.57. The van der Waals surface area contributed by atoms with Gasteiger partial charge < -0.3 is 4.90 Å². The van der Waals surface area contributed by atoms with Crippen molar-refractivity contribution in [3.8, 4) is 0 Å². The standard InChI is InChI=1S/C10H11N3O2S2/c14-17(15)5-2-13(3-6-17)9-8-1-4-16-10(8)12-7-11-9/h1,4,7H,2-3,5-6H2. The fourth-order valence-electron chi connectivity index (χ4n) is 1.95. The van der Waals surface area contributed by atoms with Gasteiger partial charge in [0.1, 0.15) is 17.0 Å². The fourth-order valence-corrected chi connectivity index (χ4v) is 3.88. The van der Waals surface area contributed by atoms with E-state index in [1.165, 1.54) is 6.33 Å². The molecule has 3 rings (SSSR count). The van der Waals surface area contributed by atoms with Crippen LogP contribution in [0, 0.1) is 0 Å². The van der Waals surface area contributed by atoms with E-state index in [4.69, 9.17) is 0 Å². The summed E-state index contributed by atoms with van der Waals surface area (Å²) < 4.78 is 22.8. The van der Waals surface area contributed by atoms with E-state index in [0.717, 1.165) is 16.0 Å². The molecule has 1 saturated heterocycles. The molecule has 0 radical (unpaired) electrons. The first kappa shape index (κ1) is 10.9. The highest BCUT2D eigenvalue weighted by Crippen LogP contribution is 2.27. The van der Waals surface area contributed by atoms with Crippen molar-refractivity contribution < 1.29 is 8.42 Å². The Balaban J connectivity index is 1.97. The van der Waals surface area contributed by atoms with Gasteiger partial charge in [-0.25, -0.2) is 18.4 Å². The minimum Gasteiger partial charge on any atom is -0.354 e. The molecule has 0 aliphatic carbocycles. The third-order valence-corrected chi connectivity index (χ3v) is 5.31. The molecule has 0 spiro atoms. The molecular formula is C10H11N3O2S2. The van der Waals surface area contributed by atoms with Gasteiger partial charge in [0, 0.05) is 13.1 Å². The van der Waals surface area contributed by atoms with Crippen LogP contribution in [-0.2, 0) is 9.84 Å². The first-order chi connectivity index (χ1) is 8.16. The average molecular weight is 269 g/mol. The number of aromatic nitrogens is 2. The molecule has 5 nitrogen and oxygen atoms in total. The Hall–Kier alpha value is -1.21. The van der Waals surface area contributed by atoms with E-state index in [0.29, 0.717) is 13.1 Å². The number of sulfone groups is 1. The molecule has 90 valence electrons. The first-order valence-electron chi connectivity index (χ1n) is 5.29. The second kappa shape index (κ2) is 3.92. The predicted molar refractivity (Wildman–Crippen MR) is 68.3 cm³/mol. The normalized spacial score (nSPS) is 19.6. The number of fused-ring (bicyclic) bond motifs is 1. The van der Waals surface area contributed by atoms with Crippen LogP contribution in [0.2, 0.25) is 0 Å². The summed E-state index contributed by atoms with van der Waals surface area (Å²) in [6.45, 7) is 1.04. The third kappa shape index (κ3) is 2.00. The lowest BCUT2D eigenvalue weighted by atomic mass is 10.3. The molecule has 0 N–H and O–H groups in total. The summed E-state index contributed by atoms with van der Waals surface area (Å²) in [5, 5.41) is 2.99. The molecule has 0 aromatic carbocycles. The van der Waals surface area contributed by atoms with E-state index < -0.39 is 9.84 Å². The van der Waals surface area contributed by atoms with Crippen LogP contribution in [0.15, 0.2) is 17.8 Å². The smallest absolute Gasteiger partial charge is 0.153 e. The first-order valence-corrected chi connectivity index (χ1v) is 7.99. The molecule has 7 heteroatoms. The van der Waals surface area contributed by atoms with Crippen LogP contribution in [0.1, 0.15) is 0 Å². The van der Waals surface area contributed by atoms with Gasteiger partial charge >= 0.3 is 0 Å². The Morgan fingerprint density at radius 1 is 1.24 bits per heavy atom. The molecule has 3 heterocycles. The molecule has 2 aromatic rings. The molecule has 0 unspecified atom stereocenters.